The zero-order chi connectivity index (χ0) is 13.6. The summed E-state index contributed by atoms with van der Waals surface area (Å²) in [5.41, 5.74) is 0. The van der Waals surface area contributed by atoms with Crippen molar-refractivity contribution in [2.75, 3.05) is 26.7 Å². The zero-order valence-corrected chi connectivity index (χ0v) is 12.8. The third-order valence-electron chi connectivity index (χ3n) is 2.26. The maximum absolute atomic E-state index is 12.1. The van der Waals surface area contributed by atoms with Crippen LogP contribution in [-0.2, 0) is 10.0 Å². The molecule has 0 unspecified atom stereocenters. The Morgan fingerprint density at radius 3 is 2.67 bits per heavy atom. The smallest absolute Gasteiger partial charge is 0.244 e. The lowest BCUT2D eigenvalue weighted by Gasteiger charge is -2.11. The lowest BCUT2D eigenvalue weighted by Crippen LogP contribution is -2.32. The first-order chi connectivity index (χ1) is 8.51. The maximum Gasteiger partial charge on any atom is 0.244 e. The Hall–Kier alpha value is -0.630. The highest BCUT2D eigenvalue weighted by atomic mass is 79.9. The minimum Gasteiger partial charge on any atom is -0.495 e. The fourth-order valence-electron chi connectivity index (χ4n) is 1.39. The molecule has 0 radical (unpaired) electrons. The molecule has 1 aromatic carbocycles. The van der Waals surface area contributed by atoms with Gasteiger partial charge in [0, 0.05) is 17.6 Å². The van der Waals surface area contributed by atoms with E-state index in [1.54, 1.807) is 12.1 Å². The average Bonchev–Trinajstić information content (AvgIpc) is 2.35. The number of halogens is 1. The van der Waals surface area contributed by atoms with Gasteiger partial charge in [-0.15, -0.1) is 0 Å². The molecule has 2 N–H and O–H groups in total. The highest BCUT2D eigenvalue weighted by Crippen LogP contribution is 2.26. The van der Waals surface area contributed by atoms with Crippen molar-refractivity contribution in [3.05, 3.63) is 22.7 Å². The summed E-state index contributed by atoms with van der Waals surface area (Å²) in [5.74, 6) is 0.328. The maximum atomic E-state index is 12.1. The number of sulfonamides is 1. The van der Waals surface area contributed by atoms with Gasteiger partial charge in [-0.05, 0) is 24.7 Å². The van der Waals surface area contributed by atoms with Gasteiger partial charge in [0.2, 0.25) is 10.0 Å². The van der Waals surface area contributed by atoms with Crippen LogP contribution in [0.15, 0.2) is 27.6 Å². The third kappa shape index (κ3) is 4.24. The van der Waals surface area contributed by atoms with Crippen molar-refractivity contribution in [2.24, 2.45) is 0 Å². The van der Waals surface area contributed by atoms with Crippen LogP contribution in [0.2, 0.25) is 0 Å². The van der Waals surface area contributed by atoms with E-state index < -0.39 is 10.0 Å². The highest BCUT2D eigenvalue weighted by Gasteiger charge is 2.19. The van der Waals surface area contributed by atoms with Gasteiger partial charge in [0.1, 0.15) is 10.6 Å². The summed E-state index contributed by atoms with van der Waals surface area (Å²) in [5, 5.41) is 3.04. The third-order valence-corrected chi connectivity index (χ3v) is 4.23. The first-order valence-electron chi connectivity index (χ1n) is 5.55. The predicted molar refractivity (Wildman–Crippen MR) is 74.4 cm³/mol. The molecule has 0 spiro atoms. The summed E-state index contributed by atoms with van der Waals surface area (Å²) < 4.78 is 32.4. The van der Waals surface area contributed by atoms with Gasteiger partial charge in [0.15, 0.2) is 0 Å². The van der Waals surface area contributed by atoms with Crippen LogP contribution < -0.4 is 14.8 Å². The summed E-state index contributed by atoms with van der Waals surface area (Å²) in [6.07, 6.45) is 0. The van der Waals surface area contributed by atoms with E-state index in [1.807, 2.05) is 6.92 Å². The second-order valence-corrected chi connectivity index (χ2v) is 6.20. The molecular formula is C11H17BrN2O3S. The lowest BCUT2D eigenvalue weighted by atomic mass is 10.3. The molecule has 0 saturated carbocycles. The molecule has 102 valence electrons. The molecule has 0 aliphatic heterocycles. The van der Waals surface area contributed by atoms with Crippen molar-refractivity contribution in [1.29, 1.82) is 0 Å². The largest absolute Gasteiger partial charge is 0.495 e. The topological polar surface area (TPSA) is 67.4 Å². The summed E-state index contributed by atoms with van der Waals surface area (Å²) >= 11 is 3.25. The predicted octanol–water partition coefficient (Wildman–Crippen LogP) is 1.35. The number of hydrogen-bond donors (Lipinski definition) is 2. The minimum absolute atomic E-state index is 0.135. The van der Waals surface area contributed by atoms with Crippen LogP contribution >= 0.6 is 15.9 Å². The molecule has 0 fully saturated rings. The Balaban J connectivity index is 2.87. The van der Waals surface area contributed by atoms with Gasteiger partial charge >= 0.3 is 0 Å². The molecule has 0 bridgehead atoms. The van der Waals surface area contributed by atoms with Gasteiger partial charge in [-0.2, -0.15) is 0 Å². The molecule has 1 rings (SSSR count). The van der Waals surface area contributed by atoms with E-state index in [1.165, 1.54) is 13.2 Å². The Morgan fingerprint density at radius 2 is 2.06 bits per heavy atom. The number of benzene rings is 1. The minimum atomic E-state index is -3.55. The van der Waals surface area contributed by atoms with Gasteiger partial charge in [0.25, 0.3) is 0 Å². The van der Waals surface area contributed by atoms with Crippen LogP contribution in [0.1, 0.15) is 6.92 Å². The number of ether oxygens (including phenoxy) is 1. The van der Waals surface area contributed by atoms with E-state index >= 15 is 0 Å². The van der Waals surface area contributed by atoms with Crippen molar-refractivity contribution < 1.29 is 13.2 Å². The summed E-state index contributed by atoms with van der Waals surface area (Å²) in [6.45, 7) is 3.70. The first-order valence-corrected chi connectivity index (χ1v) is 7.82. The van der Waals surface area contributed by atoms with Crippen molar-refractivity contribution in [1.82, 2.24) is 10.0 Å². The van der Waals surface area contributed by atoms with Gasteiger partial charge in [-0.1, -0.05) is 22.9 Å². The molecule has 0 aliphatic rings. The highest BCUT2D eigenvalue weighted by molar-refractivity contribution is 9.10. The Kier molecular flexibility index (Phi) is 6.07. The number of nitrogens with one attached hydrogen (secondary N) is 2. The molecule has 5 nitrogen and oxygen atoms in total. The standard InChI is InChI=1S/C11H17BrN2O3S/c1-3-13-6-7-14-18(15,16)11-8-9(12)4-5-10(11)17-2/h4-5,8,13-14H,3,6-7H2,1-2H3. The lowest BCUT2D eigenvalue weighted by molar-refractivity contribution is 0.402. The van der Waals surface area contributed by atoms with Crippen LogP contribution in [0.25, 0.3) is 0 Å². The van der Waals surface area contributed by atoms with E-state index in [4.69, 9.17) is 4.74 Å². The second-order valence-electron chi connectivity index (χ2n) is 3.55. The molecule has 0 aliphatic carbocycles. The summed E-state index contributed by atoms with van der Waals surface area (Å²) in [7, 11) is -2.11. The number of likely N-dealkylation sites (N-methyl/N-ethyl adjacent to an activating group) is 1. The van der Waals surface area contributed by atoms with Gasteiger partial charge < -0.3 is 10.1 Å². The molecule has 1 aromatic rings. The Bertz CT molecular complexity index is 491. The van der Waals surface area contributed by atoms with E-state index in [0.29, 0.717) is 23.3 Å². The van der Waals surface area contributed by atoms with Crippen LogP contribution in [0, 0.1) is 0 Å². The molecular weight excluding hydrogens is 320 g/mol. The Morgan fingerprint density at radius 1 is 1.33 bits per heavy atom. The van der Waals surface area contributed by atoms with E-state index in [0.717, 1.165) is 6.54 Å². The fourth-order valence-corrected chi connectivity index (χ4v) is 3.13. The van der Waals surface area contributed by atoms with Crippen LogP contribution in [0.3, 0.4) is 0 Å². The van der Waals surface area contributed by atoms with Crippen LogP contribution in [0.4, 0.5) is 0 Å². The molecule has 7 heteroatoms. The van der Waals surface area contributed by atoms with E-state index in [9.17, 15) is 8.42 Å². The van der Waals surface area contributed by atoms with Crippen LogP contribution in [-0.4, -0.2) is 35.2 Å². The quantitative estimate of drug-likeness (QED) is 0.737. The second kappa shape index (κ2) is 7.08. The molecule has 0 saturated heterocycles. The molecule has 0 aromatic heterocycles. The first kappa shape index (κ1) is 15.4. The summed E-state index contributed by atoms with van der Waals surface area (Å²) in [6, 6.07) is 4.87. The van der Waals surface area contributed by atoms with Gasteiger partial charge in [-0.25, -0.2) is 13.1 Å². The molecule has 0 atom stereocenters. The number of methoxy groups -OCH3 is 1. The number of hydrogen-bond acceptors (Lipinski definition) is 4. The van der Waals surface area contributed by atoms with E-state index in [-0.39, 0.29) is 4.90 Å². The monoisotopic (exact) mass is 336 g/mol. The van der Waals surface area contributed by atoms with E-state index in [2.05, 4.69) is 26.0 Å². The normalized spacial score (nSPS) is 11.5. The van der Waals surface area contributed by atoms with Crippen molar-refractivity contribution in [3.63, 3.8) is 0 Å². The van der Waals surface area contributed by atoms with Crippen LogP contribution in [0.5, 0.6) is 5.75 Å². The van der Waals surface area contributed by atoms with Crippen molar-refractivity contribution >= 4 is 26.0 Å². The number of rotatable bonds is 7. The van der Waals surface area contributed by atoms with Gasteiger partial charge in [0.05, 0.1) is 7.11 Å². The average molecular weight is 337 g/mol. The zero-order valence-electron chi connectivity index (χ0n) is 10.4. The van der Waals surface area contributed by atoms with Gasteiger partial charge in [-0.3, -0.25) is 0 Å². The fraction of sp³-hybridized carbons (Fsp3) is 0.455. The Labute approximate surface area is 116 Å². The molecule has 18 heavy (non-hydrogen) atoms. The summed E-state index contributed by atoms with van der Waals surface area (Å²) in [4.78, 5) is 0.135. The molecule has 0 amide bonds. The SMILES string of the molecule is CCNCCNS(=O)(=O)c1cc(Br)ccc1OC. The van der Waals surface area contributed by atoms with Crippen molar-refractivity contribution in [2.45, 2.75) is 11.8 Å². The molecule has 0 heterocycles. The van der Waals surface area contributed by atoms with Crippen molar-refractivity contribution in [3.8, 4) is 5.75 Å².